The van der Waals surface area contributed by atoms with Crippen LogP contribution in [0.5, 0.6) is 0 Å². The summed E-state index contributed by atoms with van der Waals surface area (Å²) in [6, 6.07) is 15.2. The molecule has 0 aromatic heterocycles. The summed E-state index contributed by atoms with van der Waals surface area (Å²) in [6.07, 6.45) is 0. The van der Waals surface area contributed by atoms with Crippen molar-refractivity contribution in [3.05, 3.63) is 70.3 Å². The van der Waals surface area contributed by atoms with E-state index in [9.17, 15) is 14.9 Å². The molecule has 2 rings (SSSR count). The molecule has 1 N–H and O–H groups in total. The van der Waals surface area contributed by atoms with Crippen LogP contribution >= 0.6 is 0 Å². The number of rotatable bonds is 6. The molecular formula is C15H14N2O4. The lowest BCUT2D eigenvalue weighted by atomic mass is 10.2. The molecule has 0 fully saturated rings. The molecule has 6 heteroatoms. The molecule has 0 saturated heterocycles. The van der Waals surface area contributed by atoms with E-state index in [4.69, 9.17) is 4.74 Å². The van der Waals surface area contributed by atoms with Gasteiger partial charge in [0.15, 0.2) is 0 Å². The fraction of sp³-hybridized carbons (Fsp3) is 0.133. The minimum absolute atomic E-state index is 0.0713. The summed E-state index contributed by atoms with van der Waals surface area (Å²) in [5, 5.41) is 13.2. The Bertz CT molecular complexity index is 629. The van der Waals surface area contributed by atoms with Crippen LogP contribution in [0.4, 0.5) is 11.4 Å². The van der Waals surface area contributed by atoms with Crippen LogP contribution in [0.3, 0.4) is 0 Å². The maximum Gasteiger partial charge on any atom is 0.271 e. The van der Waals surface area contributed by atoms with Gasteiger partial charge in [-0.05, 0) is 11.6 Å². The predicted molar refractivity (Wildman–Crippen MR) is 77.8 cm³/mol. The quantitative estimate of drug-likeness (QED) is 0.654. The number of nitro groups is 1. The second kappa shape index (κ2) is 7.16. The molecule has 0 bridgehead atoms. The lowest BCUT2D eigenvalue weighted by Crippen LogP contribution is -2.18. The molecule has 0 unspecified atom stereocenters. The number of benzene rings is 2. The monoisotopic (exact) mass is 286 g/mol. The van der Waals surface area contributed by atoms with Crippen molar-refractivity contribution in [1.82, 2.24) is 0 Å². The Hall–Kier alpha value is -2.73. The predicted octanol–water partition coefficient (Wildman–Crippen LogP) is 2.75. The standard InChI is InChI=1S/C15H14N2O4/c18-15(11-21-10-12-5-2-1-3-6-12)16-13-7-4-8-14(9-13)17(19)20/h1-9H,10-11H2,(H,16,18). The highest BCUT2D eigenvalue weighted by Gasteiger charge is 2.08. The van der Waals surface area contributed by atoms with Crippen molar-refractivity contribution in [3.63, 3.8) is 0 Å². The van der Waals surface area contributed by atoms with Crippen molar-refractivity contribution in [3.8, 4) is 0 Å². The zero-order chi connectivity index (χ0) is 15.1. The van der Waals surface area contributed by atoms with Crippen molar-refractivity contribution in [2.75, 3.05) is 11.9 Å². The van der Waals surface area contributed by atoms with E-state index >= 15 is 0 Å². The first kappa shape index (κ1) is 14.7. The number of non-ortho nitro benzene ring substituents is 1. The topological polar surface area (TPSA) is 81.5 Å². The second-order valence-corrected chi connectivity index (χ2v) is 4.33. The number of ether oxygens (including phenoxy) is 1. The Morgan fingerprint density at radius 3 is 2.62 bits per heavy atom. The number of carbonyl (C=O) groups is 1. The van der Waals surface area contributed by atoms with E-state index in [1.54, 1.807) is 6.07 Å². The van der Waals surface area contributed by atoms with Crippen LogP contribution in [-0.2, 0) is 16.1 Å². The fourth-order valence-corrected chi connectivity index (χ4v) is 1.73. The van der Waals surface area contributed by atoms with Gasteiger partial charge in [0.1, 0.15) is 6.61 Å². The molecule has 6 nitrogen and oxygen atoms in total. The van der Waals surface area contributed by atoms with Gasteiger partial charge in [0.05, 0.1) is 11.5 Å². The van der Waals surface area contributed by atoms with Crippen LogP contribution in [0.25, 0.3) is 0 Å². The normalized spacial score (nSPS) is 10.1. The van der Waals surface area contributed by atoms with Gasteiger partial charge in [-0.2, -0.15) is 0 Å². The number of nitrogens with one attached hydrogen (secondary N) is 1. The van der Waals surface area contributed by atoms with Crippen LogP contribution < -0.4 is 5.32 Å². The summed E-state index contributed by atoms with van der Waals surface area (Å²) >= 11 is 0. The molecule has 108 valence electrons. The van der Waals surface area contributed by atoms with Crippen molar-refractivity contribution >= 4 is 17.3 Å². The van der Waals surface area contributed by atoms with Gasteiger partial charge >= 0.3 is 0 Å². The van der Waals surface area contributed by atoms with E-state index in [0.29, 0.717) is 12.3 Å². The van der Waals surface area contributed by atoms with Crippen molar-refractivity contribution in [2.45, 2.75) is 6.61 Å². The lowest BCUT2D eigenvalue weighted by Gasteiger charge is -2.06. The second-order valence-electron chi connectivity index (χ2n) is 4.33. The van der Waals surface area contributed by atoms with Crippen molar-refractivity contribution < 1.29 is 14.5 Å². The molecule has 21 heavy (non-hydrogen) atoms. The smallest absolute Gasteiger partial charge is 0.271 e. The molecule has 0 spiro atoms. The maximum absolute atomic E-state index is 11.7. The highest BCUT2D eigenvalue weighted by atomic mass is 16.6. The Balaban J connectivity index is 1.82. The van der Waals surface area contributed by atoms with Crippen LogP contribution in [0.2, 0.25) is 0 Å². The van der Waals surface area contributed by atoms with E-state index in [2.05, 4.69) is 5.32 Å². The molecule has 0 aliphatic rings. The fourth-order valence-electron chi connectivity index (χ4n) is 1.73. The summed E-state index contributed by atoms with van der Waals surface area (Å²) < 4.78 is 5.29. The average molecular weight is 286 g/mol. The van der Waals surface area contributed by atoms with Crippen molar-refractivity contribution in [1.29, 1.82) is 0 Å². The van der Waals surface area contributed by atoms with Crippen LogP contribution in [0.1, 0.15) is 5.56 Å². The summed E-state index contributed by atoms with van der Waals surface area (Å²) in [4.78, 5) is 21.8. The van der Waals surface area contributed by atoms with Crippen molar-refractivity contribution in [2.24, 2.45) is 0 Å². The number of nitro benzene ring substituents is 1. The van der Waals surface area contributed by atoms with Crippen LogP contribution in [-0.4, -0.2) is 17.4 Å². The number of amides is 1. The minimum Gasteiger partial charge on any atom is -0.367 e. The molecule has 1 amide bonds. The van der Waals surface area contributed by atoms with E-state index < -0.39 is 4.92 Å². The molecule has 2 aromatic carbocycles. The molecule has 0 heterocycles. The highest BCUT2D eigenvalue weighted by Crippen LogP contribution is 2.16. The van der Waals surface area contributed by atoms with Gasteiger partial charge in [-0.3, -0.25) is 14.9 Å². The zero-order valence-corrected chi connectivity index (χ0v) is 11.2. The average Bonchev–Trinajstić information content (AvgIpc) is 2.48. The summed E-state index contributed by atoms with van der Waals surface area (Å²) in [7, 11) is 0. The van der Waals surface area contributed by atoms with Crippen LogP contribution in [0, 0.1) is 10.1 Å². The third-order valence-corrected chi connectivity index (χ3v) is 2.69. The van der Waals surface area contributed by atoms with Gasteiger partial charge in [0.25, 0.3) is 5.69 Å². The number of nitrogens with zero attached hydrogens (tertiary/aromatic N) is 1. The SMILES string of the molecule is O=C(COCc1ccccc1)Nc1cccc([N+](=O)[O-])c1. The third-order valence-electron chi connectivity index (χ3n) is 2.69. The largest absolute Gasteiger partial charge is 0.367 e. The first-order chi connectivity index (χ1) is 10.1. The summed E-state index contributed by atoms with van der Waals surface area (Å²) in [5.74, 6) is -0.355. The third kappa shape index (κ3) is 4.70. The molecular weight excluding hydrogens is 272 g/mol. The first-order valence-corrected chi connectivity index (χ1v) is 6.31. The Labute approximate surface area is 121 Å². The summed E-state index contributed by atoms with van der Waals surface area (Å²) in [5.41, 5.74) is 1.27. The first-order valence-electron chi connectivity index (χ1n) is 6.31. The maximum atomic E-state index is 11.7. The van der Waals surface area contributed by atoms with E-state index in [-0.39, 0.29) is 18.2 Å². The molecule has 2 aromatic rings. The zero-order valence-electron chi connectivity index (χ0n) is 11.2. The van der Waals surface area contributed by atoms with E-state index in [0.717, 1.165) is 5.56 Å². The Kier molecular flexibility index (Phi) is 5.00. The van der Waals surface area contributed by atoms with Gasteiger partial charge in [-0.25, -0.2) is 0 Å². The number of carbonyl (C=O) groups excluding carboxylic acids is 1. The van der Waals surface area contributed by atoms with Gasteiger partial charge in [-0.15, -0.1) is 0 Å². The van der Waals surface area contributed by atoms with Gasteiger partial charge in [0, 0.05) is 17.8 Å². The number of hydrogen-bond acceptors (Lipinski definition) is 4. The molecule has 0 radical (unpaired) electrons. The van der Waals surface area contributed by atoms with Gasteiger partial charge in [0.2, 0.25) is 5.91 Å². The molecule has 0 saturated carbocycles. The molecule has 0 aliphatic carbocycles. The van der Waals surface area contributed by atoms with Gasteiger partial charge in [-0.1, -0.05) is 36.4 Å². The molecule has 0 aliphatic heterocycles. The minimum atomic E-state index is -0.512. The Morgan fingerprint density at radius 1 is 1.14 bits per heavy atom. The summed E-state index contributed by atoms with van der Waals surface area (Å²) in [6.45, 7) is 0.223. The number of anilines is 1. The Morgan fingerprint density at radius 2 is 1.90 bits per heavy atom. The lowest BCUT2D eigenvalue weighted by molar-refractivity contribution is -0.384. The highest BCUT2D eigenvalue weighted by molar-refractivity contribution is 5.91. The molecule has 0 atom stereocenters. The van der Waals surface area contributed by atoms with E-state index in [1.807, 2.05) is 30.3 Å². The van der Waals surface area contributed by atoms with E-state index in [1.165, 1.54) is 18.2 Å². The van der Waals surface area contributed by atoms with Crippen LogP contribution in [0.15, 0.2) is 54.6 Å². The van der Waals surface area contributed by atoms with Gasteiger partial charge < -0.3 is 10.1 Å². The number of hydrogen-bond donors (Lipinski definition) is 1.